The van der Waals surface area contributed by atoms with E-state index in [0.717, 1.165) is 71.5 Å². The highest BCUT2D eigenvalue weighted by molar-refractivity contribution is 5.79. The first-order chi connectivity index (χ1) is 11.3. The van der Waals surface area contributed by atoms with E-state index in [4.69, 9.17) is 0 Å². The van der Waals surface area contributed by atoms with Gasteiger partial charge in [0.15, 0.2) is 0 Å². The minimum Gasteiger partial charge on any atom is -0.340 e. The van der Waals surface area contributed by atoms with E-state index in [0.29, 0.717) is 5.91 Å². The van der Waals surface area contributed by atoms with Crippen LogP contribution in [0.1, 0.15) is 24.8 Å². The molecule has 23 heavy (non-hydrogen) atoms. The topological polar surface area (TPSA) is 35.6 Å². The number of nitrogens with zero attached hydrogens (tertiary/aromatic N) is 2. The lowest BCUT2D eigenvalue weighted by atomic mass is 9.98. The summed E-state index contributed by atoms with van der Waals surface area (Å²) in [5.41, 5.74) is 1.40. The Hall–Kier alpha value is -1.39. The number of benzene rings is 1. The number of hydrogen-bond donors (Lipinski definition) is 1. The first kappa shape index (κ1) is 16.5. The fraction of sp³-hybridized carbons (Fsp3) is 0.632. The van der Waals surface area contributed by atoms with Crippen molar-refractivity contribution in [3.8, 4) is 0 Å². The molecule has 2 aliphatic rings. The minimum absolute atomic E-state index is 0.251. The van der Waals surface area contributed by atoms with E-state index in [-0.39, 0.29) is 5.92 Å². The molecule has 4 nitrogen and oxygen atoms in total. The summed E-state index contributed by atoms with van der Waals surface area (Å²) in [7, 11) is 0. The van der Waals surface area contributed by atoms with Crippen LogP contribution in [0.15, 0.2) is 30.3 Å². The molecule has 1 aromatic carbocycles. The van der Waals surface area contributed by atoms with Crippen LogP contribution < -0.4 is 5.32 Å². The Bertz CT molecular complexity index is 475. The molecular formula is C19H29N3O. The van der Waals surface area contributed by atoms with Crippen molar-refractivity contribution >= 4 is 5.91 Å². The first-order valence-electron chi connectivity index (χ1n) is 9.09. The number of carbonyl (C=O) groups excluding carboxylic acids is 1. The van der Waals surface area contributed by atoms with Gasteiger partial charge in [-0.2, -0.15) is 0 Å². The average Bonchev–Trinajstić information content (AvgIpc) is 2.90. The van der Waals surface area contributed by atoms with Gasteiger partial charge in [0, 0.05) is 38.6 Å². The van der Waals surface area contributed by atoms with Gasteiger partial charge in [-0.05, 0) is 44.3 Å². The quantitative estimate of drug-likeness (QED) is 0.920. The highest BCUT2D eigenvalue weighted by Gasteiger charge is 2.27. The number of amides is 1. The van der Waals surface area contributed by atoms with Crippen molar-refractivity contribution < 1.29 is 4.79 Å². The molecule has 0 saturated carbocycles. The van der Waals surface area contributed by atoms with E-state index in [9.17, 15) is 4.79 Å². The predicted octanol–water partition coefficient (Wildman–Crippen LogP) is 1.76. The molecule has 2 saturated heterocycles. The van der Waals surface area contributed by atoms with Crippen LogP contribution in [0.25, 0.3) is 0 Å². The van der Waals surface area contributed by atoms with E-state index in [1.54, 1.807) is 0 Å². The van der Waals surface area contributed by atoms with Gasteiger partial charge in [0.25, 0.3) is 0 Å². The maximum atomic E-state index is 12.7. The second kappa shape index (κ2) is 8.46. The second-order valence-electron chi connectivity index (χ2n) is 6.78. The van der Waals surface area contributed by atoms with Crippen molar-refractivity contribution in [3.63, 3.8) is 0 Å². The zero-order chi connectivity index (χ0) is 15.9. The van der Waals surface area contributed by atoms with Crippen LogP contribution >= 0.6 is 0 Å². The Balaban J connectivity index is 1.41. The zero-order valence-electron chi connectivity index (χ0n) is 14.0. The molecule has 1 N–H and O–H groups in total. The average molecular weight is 315 g/mol. The molecule has 1 atom stereocenters. The van der Waals surface area contributed by atoms with Gasteiger partial charge in [0.1, 0.15) is 0 Å². The van der Waals surface area contributed by atoms with Crippen LogP contribution in [0, 0.1) is 5.92 Å². The molecule has 2 fully saturated rings. The molecule has 0 radical (unpaired) electrons. The molecule has 0 bridgehead atoms. The van der Waals surface area contributed by atoms with Crippen molar-refractivity contribution in [1.29, 1.82) is 0 Å². The normalized spacial score (nSPS) is 23.5. The highest BCUT2D eigenvalue weighted by atomic mass is 16.2. The zero-order valence-corrected chi connectivity index (χ0v) is 14.0. The molecular weight excluding hydrogens is 286 g/mol. The third kappa shape index (κ3) is 4.79. The van der Waals surface area contributed by atoms with Crippen LogP contribution in [-0.4, -0.2) is 61.5 Å². The van der Waals surface area contributed by atoms with Gasteiger partial charge in [-0.15, -0.1) is 0 Å². The molecule has 3 rings (SSSR count). The fourth-order valence-corrected chi connectivity index (χ4v) is 3.65. The Kier molecular flexibility index (Phi) is 6.06. The first-order valence-corrected chi connectivity index (χ1v) is 9.09. The molecule has 1 aromatic rings. The molecule has 126 valence electrons. The highest BCUT2D eigenvalue weighted by Crippen LogP contribution is 2.18. The van der Waals surface area contributed by atoms with Crippen molar-refractivity contribution in [2.75, 3.05) is 45.8 Å². The van der Waals surface area contributed by atoms with Gasteiger partial charge >= 0.3 is 0 Å². The molecule has 0 aliphatic carbocycles. The Morgan fingerprint density at radius 1 is 1.04 bits per heavy atom. The van der Waals surface area contributed by atoms with Gasteiger partial charge in [-0.3, -0.25) is 9.69 Å². The SMILES string of the molecule is O=C([C@@H]1CCCNCC1)N1CCN(CCc2ccccc2)CC1. The molecule has 0 spiro atoms. The van der Waals surface area contributed by atoms with Crippen molar-refractivity contribution in [3.05, 3.63) is 35.9 Å². The molecule has 1 amide bonds. The van der Waals surface area contributed by atoms with Crippen LogP contribution in [0.4, 0.5) is 0 Å². The van der Waals surface area contributed by atoms with Crippen LogP contribution in [0.3, 0.4) is 0 Å². The van der Waals surface area contributed by atoms with E-state index in [2.05, 4.69) is 45.4 Å². The molecule has 2 aliphatic heterocycles. The Morgan fingerprint density at radius 2 is 1.83 bits per heavy atom. The van der Waals surface area contributed by atoms with Gasteiger partial charge in [-0.1, -0.05) is 30.3 Å². The number of carbonyl (C=O) groups is 1. The summed E-state index contributed by atoms with van der Waals surface area (Å²) in [6.45, 7) is 6.99. The monoisotopic (exact) mass is 315 g/mol. The Morgan fingerprint density at radius 3 is 2.61 bits per heavy atom. The third-order valence-corrected chi connectivity index (χ3v) is 5.17. The van der Waals surface area contributed by atoms with Gasteiger partial charge in [0.05, 0.1) is 0 Å². The summed E-state index contributed by atoms with van der Waals surface area (Å²) in [6, 6.07) is 10.7. The van der Waals surface area contributed by atoms with Gasteiger partial charge in [0.2, 0.25) is 5.91 Å². The lowest BCUT2D eigenvalue weighted by Gasteiger charge is -2.36. The van der Waals surface area contributed by atoms with Gasteiger partial charge in [-0.25, -0.2) is 0 Å². The maximum Gasteiger partial charge on any atom is 0.225 e. The van der Waals surface area contributed by atoms with Crippen LogP contribution in [0.5, 0.6) is 0 Å². The standard InChI is InChI=1S/C19H29N3O/c23-19(18-7-4-10-20-11-8-18)22-15-13-21(14-16-22)12-9-17-5-2-1-3-6-17/h1-3,5-6,18,20H,4,7-16H2/t18-/m1/s1. The van der Waals surface area contributed by atoms with Crippen molar-refractivity contribution in [2.45, 2.75) is 25.7 Å². The van der Waals surface area contributed by atoms with E-state index in [1.165, 1.54) is 5.56 Å². The predicted molar refractivity (Wildman–Crippen MR) is 93.4 cm³/mol. The Labute approximate surface area is 139 Å². The fourth-order valence-electron chi connectivity index (χ4n) is 3.65. The summed E-state index contributed by atoms with van der Waals surface area (Å²) >= 11 is 0. The molecule has 0 aromatic heterocycles. The summed E-state index contributed by atoms with van der Waals surface area (Å²) in [4.78, 5) is 17.3. The number of piperazine rings is 1. The lowest BCUT2D eigenvalue weighted by molar-refractivity contribution is -0.137. The minimum atomic E-state index is 0.251. The van der Waals surface area contributed by atoms with Crippen molar-refractivity contribution in [1.82, 2.24) is 15.1 Å². The smallest absolute Gasteiger partial charge is 0.225 e. The summed E-state index contributed by atoms with van der Waals surface area (Å²) < 4.78 is 0. The largest absolute Gasteiger partial charge is 0.340 e. The number of nitrogens with one attached hydrogen (secondary N) is 1. The van der Waals surface area contributed by atoms with E-state index in [1.807, 2.05) is 0 Å². The van der Waals surface area contributed by atoms with Crippen LogP contribution in [0.2, 0.25) is 0 Å². The summed E-state index contributed by atoms with van der Waals surface area (Å²) in [6.07, 6.45) is 4.30. The van der Waals surface area contributed by atoms with Crippen LogP contribution in [-0.2, 0) is 11.2 Å². The molecule has 0 unspecified atom stereocenters. The third-order valence-electron chi connectivity index (χ3n) is 5.17. The number of hydrogen-bond acceptors (Lipinski definition) is 3. The van der Waals surface area contributed by atoms with E-state index < -0.39 is 0 Å². The summed E-state index contributed by atoms with van der Waals surface area (Å²) in [5, 5.41) is 3.40. The van der Waals surface area contributed by atoms with Gasteiger partial charge < -0.3 is 10.2 Å². The van der Waals surface area contributed by atoms with E-state index >= 15 is 0 Å². The molecule has 4 heteroatoms. The lowest BCUT2D eigenvalue weighted by Crippen LogP contribution is -2.50. The van der Waals surface area contributed by atoms with Crippen molar-refractivity contribution in [2.24, 2.45) is 5.92 Å². The maximum absolute atomic E-state index is 12.7. The second-order valence-corrected chi connectivity index (χ2v) is 6.78. The number of rotatable bonds is 4. The summed E-state index contributed by atoms with van der Waals surface area (Å²) in [5.74, 6) is 0.650. The molecule has 2 heterocycles.